The molecule has 0 aliphatic carbocycles. The van der Waals surface area contributed by atoms with Crippen molar-refractivity contribution in [3.8, 4) is 11.5 Å². The number of rotatable bonds is 3. The Morgan fingerprint density at radius 1 is 1.10 bits per heavy atom. The summed E-state index contributed by atoms with van der Waals surface area (Å²) in [5.41, 5.74) is 3.28. The molecular weight excluding hydrogens is 328 g/mol. The Balaban J connectivity index is 2.38. The van der Waals surface area contributed by atoms with Crippen LogP contribution in [0.15, 0.2) is 40.9 Å². The van der Waals surface area contributed by atoms with Crippen molar-refractivity contribution in [2.75, 3.05) is 0 Å². The van der Waals surface area contributed by atoms with E-state index in [1.165, 1.54) is 11.1 Å². The third-order valence-electron chi connectivity index (χ3n) is 3.37. The predicted molar refractivity (Wildman–Crippen MR) is 90.0 cm³/mol. The summed E-state index contributed by atoms with van der Waals surface area (Å²) in [7, 11) is 0. The summed E-state index contributed by atoms with van der Waals surface area (Å²) in [5.74, 6) is 1.63. The van der Waals surface area contributed by atoms with Crippen LogP contribution in [-0.4, -0.2) is 5.11 Å². The number of halogens is 1. The number of aliphatic hydroxyl groups excluding tert-OH is 1. The van der Waals surface area contributed by atoms with Gasteiger partial charge in [-0.2, -0.15) is 0 Å². The number of hydrogen-bond acceptors (Lipinski definition) is 2. The number of hydrogen-bond donors (Lipinski definition) is 1. The van der Waals surface area contributed by atoms with Gasteiger partial charge in [0.15, 0.2) is 0 Å². The van der Waals surface area contributed by atoms with E-state index < -0.39 is 0 Å². The highest BCUT2D eigenvalue weighted by Crippen LogP contribution is 2.35. The van der Waals surface area contributed by atoms with Gasteiger partial charge in [-0.1, -0.05) is 60.5 Å². The molecule has 0 heterocycles. The highest BCUT2D eigenvalue weighted by molar-refractivity contribution is 9.10. The van der Waals surface area contributed by atoms with Gasteiger partial charge in [-0.05, 0) is 36.1 Å². The van der Waals surface area contributed by atoms with Crippen LogP contribution in [0.2, 0.25) is 0 Å². The Morgan fingerprint density at radius 2 is 1.81 bits per heavy atom. The van der Waals surface area contributed by atoms with Gasteiger partial charge in [-0.25, -0.2) is 0 Å². The third-order valence-corrected chi connectivity index (χ3v) is 4.10. The molecule has 0 aromatic heterocycles. The lowest BCUT2D eigenvalue weighted by molar-refractivity contribution is 0.281. The van der Waals surface area contributed by atoms with Crippen LogP contribution in [0.25, 0.3) is 0 Å². The Bertz CT molecular complexity index is 642. The molecule has 2 nitrogen and oxygen atoms in total. The minimum absolute atomic E-state index is 0.0125. The molecule has 0 radical (unpaired) electrons. The SMILES string of the molecule is Cc1ccc(Oc2ccc(CO)c(Br)c2)c(C(C)(C)C)c1. The Kier molecular flexibility index (Phi) is 4.74. The molecule has 0 spiro atoms. The second-order valence-electron chi connectivity index (χ2n) is 6.26. The standard InChI is InChI=1S/C18H21BrO2/c1-12-5-8-17(15(9-12)18(2,3)4)21-14-7-6-13(11-20)16(19)10-14/h5-10,20H,11H2,1-4H3. The van der Waals surface area contributed by atoms with Crippen LogP contribution >= 0.6 is 15.9 Å². The summed E-state index contributed by atoms with van der Waals surface area (Å²) < 4.78 is 6.91. The molecule has 0 aliphatic heterocycles. The van der Waals surface area contributed by atoms with Gasteiger partial charge in [0.2, 0.25) is 0 Å². The van der Waals surface area contributed by atoms with Crippen LogP contribution in [0.5, 0.6) is 11.5 Å². The van der Waals surface area contributed by atoms with E-state index in [9.17, 15) is 5.11 Å². The zero-order chi connectivity index (χ0) is 15.6. The van der Waals surface area contributed by atoms with Gasteiger partial charge in [0.05, 0.1) is 6.61 Å². The molecule has 2 aromatic carbocycles. The summed E-state index contributed by atoms with van der Waals surface area (Å²) in [6.07, 6.45) is 0. The summed E-state index contributed by atoms with van der Waals surface area (Å²) >= 11 is 3.45. The predicted octanol–water partition coefficient (Wildman–Crippen LogP) is 5.34. The molecular formula is C18H21BrO2. The molecule has 3 heteroatoms. The normalized spacial score (nSPS) is 11.5. The van der Waals surface area contributed by atoms with Crippen LogP contribution in [0.3, 0.4) is 0 Å². The first-order valence-electron chi connectivity index (χ1n) is 6.99. The van der Waals surface area contributed by atoms with Gasteiger partial charge >= 0.3 is 0 Å². The molecule has 0 saturated carbocycles. The minimum Gasteiger partial charge on any atom is -0.457 e. The second-order valence-corrected chi connectivity index (χ2v) is 7.12. The summed E-state index contributed by atoms with van der Waals surface area (Å²) in [4.78, 5) is 0. The first-order valence-corrected chi connectivity index (χ1v) is 7.79. The van der Waals surface area contributed by atoms with Crippen LogP contribution in [0.1, 0.15) is 37.5 Å². The molecule has 0 amide bonds. The van der Waals surface area contributed by atoms with Gasteiger partial charge in [0.1, 0.15) is 11.5 Å². The fraction of sp³-hybridized carbons (Fsp3) is 0.333. The lowest BCUT2D eigenvalue weighted by atomic mass is 9.85. The van der Waals surface area contributed by atoms with E-state index in [0.717, 1.165) is 21.5 Å². The Labute approximate surface area is 134 Å². The van der Waals surface area contributed by atoms with Crippen molar-refractivity contribution in [1.29, 1.82) is 0 Å². The Morgan fingerprint density at radius 3 is 2.38 bits per heavy atom. The molecule has 0 saturated heterocycles. The van der Waals surface area contributed by atoms with E-state index in [1.54, 1.807) is 0 Å². The summed E-state index contributed by atoms with van der Waals surface area (Å²) in [6, 6.07) is 11.9. The zero-order valence-corrected chi connectivity index (χ0v) is 14.5. The molecule has 0 atom stereocenters. The van der Waals surface area contributed by atoms with E-state index in [-0.39, 0.29) is 12.0 Å². The maximum absolute atomic E-state index is 9.21. The van der Waals surface area contributed by atoms with Gasteiger partial charge < -0.3 is 9.84 Å². The quantitative estimate of drug-likeness (QED) is 0.811. The van der Waals surface area contributed by atoms with Crippen LogP contribution in [0, 0.1) is 6.92 Å². The minimum atomic E-state index is 0.0125. The molecule has 2 rings (SSSR count). The lowest BCUT2D eigenvalue weighted by Gasteiger charge is -2.23. The van der Waals surface area contributed by atoms with Gasteiger partial charge in [0.25, 0.3) is 0 Å². The highest BCUT2D eigenvalue weighted by atomic mass is 79.9. The topological polar surface area (TPSA) is 29.5 Å². The molecule has 0 bridgehead atoms. The fourth-order valence-corrected chi connectivity index (χ4v) is 2.65. The number of benzene rings is 2. The summed E-state index contributed by atoms with van der Waals surface area (Å²) in [5, 5.41) is 9.21. The van der Waals surface area contributed by atoms with Crippen molar-refractivity contribution in [2.24, 2.45) is 0 Å². The second kappa shape index (κ2) is 6.20. The van der Waals surface area contributed by atoms with Gasteiger partial charge in [0, 0.05) is 10.0 Å². The molecule has 0 unspecified atom stereocenters. The van der Waals surface area contributed by atoms with Crippen LogP contribution in [0.4, 0.5) is 0 Å². The van der Waals surface area contributed by atoms with E-state index in [0.29, 0.717) is 0 Å². The highest BCUT2D eigenvalue weighted by Gasteiger charge is 2.19. The van der Waals surface area contributed by atoms with Crippen molar-refractivity contribution < 1.29 is 9.84 Å². The van der Waals surface area contributed by atoms with Crippen LogP contribution in [-0.2, 0) is 12.0 Å². The molecule has 1 N–H and O–H groups in total. The first-order chi connectivity index (χ1) is 9.81. The smallest absolute Gasteiger partial charge is 0.131 e. The zero-order valence-electron chi connectivity index (χ0n) is 12.9. The van der Waals surface area contributed by atoms with Gasteiger partial charge in [-0.3, -0.25) is 0 Å². The van der Waals surface area contributed by atoms with Crippen molar-refractivity contribution >= 4 is 15.9 Å². The monoisotopic (exact) mass is 348 g/mol. The average Bonchev–Trinajstić information content (AvgIpc) is 2.40. The first kappa shape index (κ1) is 16.1. The number of ether oxygens (including phenoxy) is 1. The molecule has 112 valence electrons. The average molecular weight is 349 g/mol. The van der Waals surface area contributed by atoms with Crippen molar-refractivity contribution in [3.05, 3.63) is 57.6 Å². The molecule has 2 aromatic rings. The maximum Gasteiger partial charge on any atom is 0.131 e. The largest absolute Gasteiger partial charge is 0.457 e. The lowest BCUT2D eigenvalue weighted by Crippen LogP contribution is -2.12. The summed E-state index contributed by atoms with van der Waals surface area (Å²) in [6.45, 7) is 8.64. The van der Waals surface area contributed by atoms with E-state index >= 15 is 0 Å². The van der Waals surface area contributed by atoms with E-state index in [1.807, 2.05) is 24.3 Å². The molecule has 0 aliphatic rings. The fourth-order valence-electron chi connectivity index (χ4n) is 2.17. The number of aryl methyl sites for hydroxylation is 1. The van der Waals surface area contributed by atoms with E-state index in [4.69, 9.17) is 4.74 Å². The van der Waals surface area contributed by atoms with Crippen molar-refractivity contribution in [3.63, 3.8) is 0 Å². The third kappa shape index (κ3) is 3.86. The van der Waals surface area contributed by atoms with Crippen molar-refractivity contribution in [2.45, 2.75) is 39.7 Å². The van der Waals surface area contributed by atoms with Crippen molar-refractivity contribution in [1.82, 2.24) is 0 Å². The van der Waals surface area contributed by atoms with Crippen LogP contribution < -0.4 is 4.74 Å². The number of aliphatic hydroxyl groups is 1. The maximum atomic E-state index is 9.21. The molecule has 0 fully saturated rings. The Hall–Kier alpha value is -1.32. The van der Waals surface area contributed by atoms with Gasteiger partial charge in [-0.15, -0.1) is 0 Å². The molecule has 21 heavy (non-hydrogen) atoms. The van der Waals surface area contributed by atoms with E-state index in [2.05, 4.69) is 55.8 Å².